The molecule has 0 radical (unpaired) electrons. The molecule has 1 aliphatic carbocycles. The van der Waals surface area contributed by atoms with E-state index in [4.69, 9.17) is 4.74 Å². The van der Waals surface area contributed by atoms with E-state index in [-0.39, 0.29) is 30.5 Å². The number of carbonyl (C=O) groups is 2. The van der Waals surface area contributed by atoms with Crippen LogP contribution in [0.2, 0.25) is 0 Å². The van der Waals surface area contributed by atoms with Gasteiger partial charge in [-0.2, -0.15) is 0 Å². The molecule has 1 N–H and O–H groups in total. The van der Waals surface area contributed by atoms with Crippen LogP contribution in [0.15, 0.2) is 0 Å². The average Bonchev–Trinajstić information content (AvgIpc) is 3.21. The van der Waals surface area contributed by atoms with E-state index in [1.807, 2.05) is 0 Å². The van der Waals surface area contributed by atoms with Gasteiger partial charge in [0.2, 0.25) is 5.91 Å². The van der Waals surface area contributed by atoms with Crippen LogP contribution in [0.3, 0.4) is 0 Å². The Bertz CT molecular complexity index is 309. The molecule has 0 aromatic heterocycles. The molecule has 102 valence electrons. The molecule has 0 bridgehead atoms. The van der Waals surface area contributed by atoms with Crippen LogP contribution in [-0.4, -0.2) is 48.6 Å². The summed E-state index contributed by atoms with van der Waals surface area (Å²) in [6.45, 7) is 3.15. The molecule has 2 fully saturated rings. The summed E-state index contributed by atoms with van der Waals surface area (Å²) in [5.74, 6) is -0.223. The lowest BCUT2D eigenvalue weighted by atomic mass is 10.0. The van der Waals surface area contributed by atoms with Gasteiger partial charge in [0.25, 0.3) is 0 Å². The van der Waals surface area contributed by atoms with Crippen LogP contribution in [0.25, 0.3) is 0 Å². The fourth-order valence-corrected chi connectivity index (χ4v) is 2.38. The molecule has 5 heteroatoms. The largest absolute Gasteiger partial charge is 0.465 e. The molecule has 0 aromatic carbocycles. The van der Waals surface area contributed by atoms with Crippen LogP contribution >= 0.6 is 0 Å². The number of carbonyl (C=O) groups excluding carboxylic acids is 2. The first kappa shape index (κ1) is 13.3. The second kappa shape index (κ2) is 6.18. The zero-order valence-corrected chi connectivity index (χ0v) is 11.0. The molecule has 5 nitrogen and oxygen atoms in total. The molecule has 1 atom stereocenters. The molecule has 1 heterocycles. The van der Waals surface area contributed by atoms with Crippen LogP contribution in [0, 0.1) is 0 Å². The standard InChI is InChI=1S/C13H22N2O3/c1-2-18-12(16)9-15(10-6-7-10)13(17)11-5-3-4-8-14-11/h10-11,14H,2-9H2,1H3/t11-/m1/s1. The Morgan fingerprint density at radius 2 is 2.06 bits per heavy atom. The van der Waals surface area contributed by atoms with Gasteiger partial charge in [0.15, 0.2) is 0 Å². The molecule has 1 saturated heterocycles. The third-order valence-corrected chi connectivity index (χ3v) is 3.48. The minimum Gasteiger partial charge on any atom is -0.465 e. The molecular formula is C13H22N2O3. The van der Waals surface area contributed by atoms with Crippen LogP contribution in [0.5, 0.6) is 0 Å². The highest BCUT2D eigenvalue weighted by molar-refractivity contribution is 5.86. The first-order valence-corrected chi connectivity index (χ1v) is 6.92. The minimum atomic E-state index is -0.298. The second-order valence-electron chi connectivity index (χ2n) is 5.00. The number of amides is 1. The summed E-state index contributed by atoms with van der Waals surface area (Å²) in [5, 5.41) is 3.24. The van der Waals surface area contributed by atoms with E-state index in [9.17, 15) is 9.59 Å². The third kappa shape index (κ3) is 3.45. The van der Waals surface area contributed by atoms with Gasteiger partial charge >= 0.3 is 5.97 Å². The summed E-state index contributed by atoms with van der Waals surface area (Å²) in [7, 11) is 0. The molecule has 18 heavy (non-hydrogen) atoms. The van der Waals surface area contributed by atoms with Crippen LogP contribution in [0.4, 0.5) is 0 Å². The summed E-state index contributed by atoms with van der Waals surface area (Å²) in [6.07, 6.45) is 5.12. The lowest BCUT2D eigenvalue weighted by Crippen LogP contribution is -2.50. The van der Waals surface area contributed by atoms with E-state index in [0.717, 1.165) is 38.6 Å². The lowest BCUT2D eigenvalue weighted by Gasteiger charge is -2.29. The van der Waals surface area contributed by atoms with Gasteiger partial charge in [-0.15, -0.1) is 0 Å². The van der Waals surface area contributed by atoms with Gasteiger partial charge in [-0.05, 0) is 39.2 Å². The highest BCUT2D eigenvalue weighted by Crippen LogP contribution is 2.28. The number of esters is 1. The summed E-state index contributed by atoms with van der Waals surface area (Å²) < 4.78 is 4.93. The van der Waals surface area contributed by atoms with Crippen LogP contribution in [-0.2, 0) is 14.3 Å². The van der Waals surface area contributed by atoms with Gasteiger partial charge in [-0.1, -0.05) is 6.42 Å². The normalized spacial score (nSPS) is 23.5. The molecular weight excluding hydrogens is 232 g/mol. The number of rotatable bonds is 5. The van der Waals surface area contributed by atoms with E-state index in [1.165, 1.54) is 0 Å². The van der Waals surface area contributed by atoms with Crippen LogP contribution in [0.1, 0.15) is 39.0 Å². The van der Waals surface area contributed by atoms with Crippen molar-refractivity contribution in [2.75, 3.05) is 19.7 Å². The Kier molecular flexibility index (Phi) is 4.58. The fraction of sp³-hybridized carbons (Fsp3) is 0.846. The van der Waals surface area contributed by atoms with Gasteiger partial charge < -0.3 is 15.0 Å². The highest BCUT2D eigenvalue weighted by atomic mass is 16.5. The summed E-state index contributed by atoms with van der Waals surface area (Å²) >= 11 is 0. The maximum Gasteiger partial charge on any atom is 0.325 e. The molecule has 0 unspecified atom stereocenters. The quantitative estimate of drug-likeness (QED) is 0.733. The van der Waals surface area contributed by atoms with Crippen molar-refractivity contribution in [3.8, 4) is 0 Å². The maximum absolute atomic E-state index is 12.4. The summed E-state index contributed by atoms with van der Waals surface area (Å²) in [6, 6.07) is 0.152. The van der Waals surface area contributed by atoms with Crippen molar-refractivity contribution in [2.45, 2.75) is 51.1 Å². The van der Waals surface area contributed by atoms with E-state index in [0.29, 0.717) is 6.61 Å². The maximum atomic E-state index is 12.4. The van der Waals surface area contributed by atoms with Crippen molar-refractivity contribution in [2.24, 2.45) is 0 Å². The number of nitrogens with zero attached hydrogens (tertiary/aromatic N) is 1. The molecule has 1 saturated carbocycles. The molecule has 0 spiro atoms. The van der Waals surface area contributed by atoms with E-state index in [2.05, 4.69) is 5.32 Å². The monoisotopic (exact) mass is 254 g/mol. The minimum absolute atomic E-state index is 0.0743. The fourth-order valence-electron chi connectivity index (χ4n) is 2.38. The summed E-state index contributed by atoms with van der Waals surface area (Å²) in [5.41, 5.74) is 0. The zero-order valence-electron chi connectivity index (χ0n) is 11.0. The van der Waals surface area contributed by atoms with Crippen molar-refractivity contribution < 1.29 is 14.3 Å². The average molecular weight is 254 g/mol. The van der Waals surface area contributed by atoms with Gasteiger partial charge in [-0.3, -0.25) is 9.59 Å². The first-order valence-electron chi connectivity index (χ1n) is 6.92. The van der Waals surface area contributed by atoms with Gasteiger partial charge in [0, 0.05) is 6.04 Å². The molecule has 2 aliphatic rings. The van der Waals surface area contributed by atoms with Crippen LogP contribution < -0.4 is 5.32 Å². The van der Waals surface area contributed by atoms with E-state index < -0.39 is 0 Å². The lowest BCUT2D eigenvalue weighted by molar-refractivity contribution is -0.150. The van der Waals surface area contributed by atoms with E-state index in [1.54, 1.807) is 11.8 Å². The number of ether oxygens (including phenoxy) is 1. The Morgan fingerprint density at radius 3 is 2.61 bits per heavy atom. The van der Waals surface area contributed by atoms with Crippen molar-refractivity contribution >= 4 is 11.9 Å². The smallest absolute Gasteiger partial charge is 0.325 e. The Balaban J connectivity index is 1.91. The van der Waals surface area contributed by atoms with Crippen molar-refractivity contribution in [1.29, 1.82) is 0 Å². The van der Waals surface area contributed by atoms with Gasteiger partial charge in [0.05, 0.1) is 12.6 Å². The Morgan fingerprint density at radius 1 is 1.28 bits per heavy atom. The highest BCUT2D eigenvalue weighted by Gasteiger charge is 2.37. The predicted octanol–water partition coefficient (Wildman–Crippen LogP) is 0.683. The predicted molar refractivity (Wildman–Crippen MR) is 67.0 cm³/mol. The SMILES string of the molecule is CCOC(=O)CN(C(=O)[C@H]1CCCCN1)C1CC1. The van der Waals surface area contributed by atoms with Gasteiger partial charge in [0.1, 0.15) is 6.54 Å². The molecule has 2 rings (SSSR count). The molecule has 1 aliphatic heterocycles. The zero-order chi connectivity index (χ0) is 13.0. The number of piperidine rings is 1. The Labute approximate surface area is 108 Å². The van der Waals surface area contributed by atoms with Crippen molar-refractivity contribution in [3.63, 3.8) is 0 Å². The topological polar surface area (TPSA) is 58.6 Å². The number of hydrogen-bond donors (Lipinski definition) is 1. The molecule has 1 amide bonds. The second-order valence-corrected chi connectivity index (χ2v) is 5.00. The number of hydrogen-bond acceptors (Lipinski definition) is 4. The Hall–Kier alpha value is -1.10. The summed E-state index contributed by atoms with van der Waals surface area (Å²) in [4.78, 5) is 25.6. The van der Waals surface area contributed by atoms with Crippen molar-refractivity contribution in [1.82, 2.24) is 10.2 Å². The van der Waals surface area contributed by atoms with Gasteiger partial charge in [-0.25, -0.2) is 0 Å². The molecule has 0 aromatic rings. The number of nitrogens with one attached hydrogen (secondary N) is 1. The third-order valence-electron chi connectivity index (χ3n) is 3.48. The van der Waals surface area contributed by atoms with E-state index >= 15 is 0 Å². The first-order chi connectivity index (χ1) is 8.72. The van der Waals surface area contributed by atoms with Crippen molar-refractivity contribution in [3.05, 3.63) is 0 Å².